The molecule has 0 aromatic carbocycles. The van der Waals surface area contributed by atoms with Gasteiger partial charge in [0.25, 0.3) is 0 Å². The third kappa shape index (κ3) is 3.18. The first kappa shape index (κ1) is 10.9. The van der Waals surface area contributed by atoms with E-state index in [1.165, 1.54) is 6.42 Å². The summed E-state index contributed by atoms with van der Waals surface area (Å²) in [5, 5.41) is 7.89. The summed E-state index contributed by atoms with van der Waals surface area (Å²) in [6, 6.07) is 0. The minimum absolute atomic E-state index is 0.253. The van der Waals surface area contributed by atoms with E-state index in [1.54, 1.807) is 0 Å². The molecule has 15 heavy (non-hydrogen) atoms. The smallest absolute Gasteiger partial charge is 0.219 e. The average molecular weight is 231 g/mol. The van der Waals surface area contributed by atoms with Crippen molar-refractivity contribution < 1.29 is 9.15 Å². The average Bonchev–Trinajstić information content (AvgIpc) is 2.68. The van der Waals surface area contributed by atoms with Crippen molar-refractivity contribution in [3.05, 3.63) is 11.8 Å². The van der Waals surface area contributed by atoms with E-state index >= 15 is 0 Å². The normalized spacial score (nSPS) is 21.8. The van der Waals surface area contributed by atoms with Crippen LogP contribution in [0, 0.1) is 0 Å². The molecule has 1 aliphatic rings. The molecule has 5 heteroatoms. The van der Waals surface area contributed by atoms with Crippen molar-refractivity contribution in [3.8, 4) is 0 Å². The summed E-state index contributed by atoms with van der Waals surface area (Å²) in [6.45, 7) is 0.855. The van der Waals surface area contributed by atoms with Crippen LogP contribution in [-0.2, 0) is 17.6 Å². The van der Waals surface area contributed by atoms with Crippen LogP contribution in [0.4, 0.5) is 0 Å². The number of aromatic nitrogens is 2. The van der Waals surface area contributed by atoms with Crippen LogP contribution in [0.15, 0.2) is 4.42 Å². The quantitative estimate of drug-likeness (QED) is 0.742. The van der Waals surface area contributed by atoms with Crippen LogP contribution in [0.2, 0.25) is 0 Å². The lowest BCUT2D eigenvalue weighted by atomic mass is 10.1. The number of nitrogens with zero attached hydrogens (tertiary/aromatic N) is 2. The number of halogens is 1. The van der Waals surface area contributed by atoms with Gasteiger partial charge in [0.15, 0.2) is 0 Å². The maximum absolute atomic E-state index is 5.60. The second-order valence-corrected chi connectivity index (χ2v) is 4.10. The molecule has 2 heterocycles. The Bertz CT molecular complexity index is 297. The van der Waals surface area contributed by atoms with Crippen LogP contribution in [0.25, 0.3) is 0 Å². The highest BCUT2D eigenvalue weighted by Crippen LogP contribution is 2.16. The molecule has 0 saturated carbocycles. The van der Waals surface area contributed by atoms with Gasteiger partial charge in [0.1, 0.15) is 0 Å². The lowest BCUT2D eigenvalue weighted by Crippen LogP contribution is -2.21. The highest BCUT2D eigenvalue weighted by atomic mass is 35.5. The van der Waals surface area contributed by atoms with E-state index < -0.39 is 0 Å². The van der Waals surface area contributed by atoms with Gasteiger partial charge >= 0.3 is 0 Å². The lowest BCUT2D eigenvalue weighted by Gasteiger charge is -2.20. The fourth-order valence-electron chi connectivity index (χ4n) is 1.72. The first-order valence-electron chi connectivity index (χ1n) is 5.37. The molecular weight excluding hydrogens is 216 g/mol. The summed E-state index contributed by atoms with van der Waals surface area (Å²) in [5.41, 5.74) is 0. The fraction of sp³-hybridized carbons (Fsp3) is 0.800. The summed E-state index contributed by atoms with van der Waals surface area (Å²) in [5.74, 6) is 1.81. The molecular formula is C10H15ClN2O2. The van der Waals surface area contributed by atoms with Gasteiger partial charge in [-0.25, -0.2) is 0 Å². The van der Waals surface area contributed by atoms with Gasteiger partial charge in [0, 0.05) is 18.9 Å². The molecule has 0 radical (unpaired) electrons. The first-order valence-corrected chi connectivity index (χ1v) is 5.91. The molecule has 4 nitrogen and oxygen atoms in total. The molecule has 0 N–H and O–H groups in total. The molecule has 2 rings (SSSR count). The van der Waals surface area contributed by atoms with Crippen molar-refractivity contribution in [1.82, 2.24) is 10.2 Å². The van der Waals surface area contributed by atoms with Crippen LogP contribution < -0.4 is 0 Å². The molecule has 1 aromatic heterocycles. The number of aryl methyl sites for hydroxylation is 1. The van der Waals surface area contributed by atoms with E-state index in [9.17, 15) is 0 Å². The standard InChI is InChI=1S/C10H15ClN2O2/c11-5-4-9-12-13-10(15-9)7-8-3-1-2-6-14-8/h8H,1-7H2. The van der Waals surface area contributed by atoms with Crippen molar-refractivity contribution in [2.75, 3.05) is 12.5 Å². The SMILES string of the molecule is ClCCc1nnc(CC2CCCCO2)o1. The highest BCUT2D eigenvalue weighted by molar-refractivity contribution is 6.17. The van der Waals surface area contributed by atoms with Crippen LogP contribution in [-0.4, -0.2) is 28.8 Å². The predicted molar refractivity (Wildman–Crippen MR) is 56.0 cm³/mol. The van der Waals surface area contributed by atoms with Crippen LogP contribution in [0.3, 0.4) is 0 Å². The van der Waals surface area contributed by atoms with Gasteiger partial charge in [-0.05, 0) is 19.3 Å². The molecule has 1 unspecified atom stereocenters. The Morgan fingerprint density at radius 1 is 1.27 bits per heavy atom. The molecule has 1 aliphatic heterocycles. The van der Waals surface area contributed by atoms with E-state index in [0.29, 0.717) is 24.1 Å². The second kappa shape index (κ2) is 5.47. The van der Waals surface area contributed by atoms with Crippen LogP contribution >= 0.6 is 11.6 Å². The monoisotopic (exact) mass is 230 g/mol. The zero-order valence-corrected chi connectivity index (χ0v) is 9.37. The Hall–Kier alpha value is -0.610. The van der Waals surface area contributed by atoms with Gasteiger partial charge in [-0.1, -0.05) is 0 Å². The van der Waals surface area contributed by atoms with E-state index in [0.717, 1.165) is 25.9 Å². The summed E-state index contributed by atoms with van der Waals surface area (Å²) < 4.78 is 11.0. The molecule has 1 saturated heterocycles. The molecule has 1 aromatic rings. The van der Waals surface area contributed by atoms with Gasteiger partial charge in [0.2, 0.25) is 11.8 Å². The zero-order valence-electron chi connectivity index (χ0n) is 8.62. The van der Waals surface area contributed by atoms with Crippen molar-refractivity contribution in [2.24, 2.45) is 0 Å². The fourth-order valence-corrected chi connectivity index (χ4v) is 1.88. The lowest BCUT2D eigenvalue weighted by molar-refractivity contribution is 0.0130. The summed E-state index contributed by atoms with van der Waals surface area (Å²) in [6.07, 6.45) is 5.11. The number of ether oxygens (including phenoxy) is 1. The van der Waals surface area contributed by atoms with E-state index in [1.807, 2.05) is 0 Å². The number of alkyl halides is 1. The third-order valence-corrected chi connectivity index (χ3v) is 2.68. The third-order valence-electron chi connectivity index (χ3n) is 2.49. The van der Waals surface area contributed by atoms with Gasteiger partial charge in [0.05, 0.1) is 12.5 Å². The Morgan fingerprint density at radius 3 is 2.87 bits per heavy atom. The van der Waals surface area contributed by atoms with E-state index in [-0.39, 0.29) is 6.10 Å². The molecule has 0 spiro atoms. The highest BCUT2D eigenvalue weighted by Gasteiger charge is 2.17. The van der Waals surface area contributed by atoms with Crippen molar-refractivity contribution in [3.63, 3.8) is 0 Å². The van der Waals surface area contributed by atoms with Crippen molar-refractivity contribution in [1.29, 1.82) is 0 Å². The first-order chi connectivity index (χ1) is 7.38. The maximum atomic E-state index is 5.60. The van der Waals surface area contributed by atoms with Gasteiger partial charge in [-0.2, -0.15) is 0 Å². The topological polar surface area (TPSA) is 48.2 Å². The number of hydrogen-bond donors (Lipinski definition) is 0. The van der Waals surface area contributed by atoms with E-state index in [4.69, 9.17) is 20.8 Å². The summed E-state index contributed by atoms with van der Waals surface area (Å²) in [4.78, 5) is 0. The zero-order chi connectivity index (χ0) is 10.5. The Labute approximate surface area is 94.0 Å². The van der Waals surface area contributed by atoms with Crippen molar-refractivity contribution in [2.45, 2.75) is 38.2 Å². The second-order valence-electron chi connectivity index (χ2n) is 3.72. The molecule has 1 fully saturated rings. The summed E-state index contributed by atoms with van der Waals surface area (Å²) >= 11 is 5.58. The number of hydrogen-bond acceptors (Lipinski definition) is 4. The predicted octanol–water partition coefficient (Wildman–Crippen LogP) is 1.96. The molecule has 0 aliphatic carbocycles. The van der Waals surface area contributed by atoms with Gasteiger partial charge < -0.3 is 9.15 Å². The van der Waals surface area contributed by atoms with Gasteiger partial charge in [-0.3, -0.25) is 0 Å². The Morgan fingerprint density at radius 2 is 2.13 bits per heavy atom. The Balaban J connectivity index is 1.86. The van der Waals surface area contributed by atoms with Crippen LogP contribution in [0.5, 0.6) is 0 Å². The van der Waals surface area contributed by atoms with E-state index in [2.05, 4.69) is 10.2 Å². The summed E-state index contributed by atoms with van der Waals surface area (Å²) in [7, 11) is 0. The minimum Gasteiger partial charge on any atom is -0.425 e. The number of rotatable bonds is 4. The molecule has 84 valence electrons. The molecule has 0 bridgehead atoms. The molecule has 0 amide bonds. The van der Waals surface area contributed by atoms with Gasteiger partial charge in [-0.15, -0.1) is 21.8 Å². The van der Waals surface area contributed by atoms with Crippen LogP contribution in [0.1, 0.15) is 31.0 Å². The maximum Gasteiger partial charge on any atom is 0.219 e. The Kier molecular flexibility index (Phi) is 3.97. The largest absolute Gasteiger partial charge is 0.425 e. The van der Waals surface area contributed by atoms with Crippen molar-refractivity contribution >= 4 is 11.6 Å². The minimum atomic E-state index is 0.253. The molecule has 1 atom stereocenters.